The highest BCUT2D eigenvalue weighted by molar-refractivity contribution is 6.32. The normalized spacial score (nSPS) is 12.9. The van der Waals surface area contributed by atoms with Gasteiger partial charge in [-0.2, -0.15) is 0 Å². The molecule has 5 nitrogen and oxygen atoms in total. The molecular weight excluding hydrogens is 547 g/mol. The van der Waals surface area contributed by atoms with Crippen molar-refractivity contribution in [3.63, 3.8) is 0 Å². The maximum absolute atomic E-state index is 14.2. The molecule has 1 N–H and O–H groups in total. The van der Waals surface area contributed by atoms with Crippen LogP contribution < -0.4 is 0 Å². The van der Waals surface area contributed by atoms with Gasteiger partial charge in [-0.3, -0.25) is 0 Å². The summed E-state index contributed by atoms with van der Waals surface area (Å²) in [6.07, 6.45) is 0. The predicted molar refractivity (Wildman–Crippen MR) is 147 cm³/mol. The molecule has 4 aromatic carbocycles. The van der Waals surface area contributed by atoms with E-state index in [1.807, 2.05) is 0 Å². The number of carbonyl (C=O) groups is 2. The van der Waals surface area contributed by atoms with Gasteiger partial charge in [0.25, 0.3) is 5.60 Å². The molecule has 0 saturated carbocycles. The standard InChI is InChI=1S/C30H23Cl3O5/c1-2-37-28(35)30(21-12-16-23(31)17-13-21,22-14-18-24(32)19-15-22)38-27(34)29(36,20-8-4-3-5-9-20)25-10-6-7-11-26(25)33/h3-19,36H,2H2,1H3. The Balaban J connectivity index is 1.98. The molecule has 0 amide bonds. The maximum atomic E-state index is 14.2. The zero-order valence-corrected chi connectivity index (χ0v) is 22.5. The first-order chi connectivity index (χ1) is 18.2. The first-order valence-corrected chi connectivity index (χ1v) is 12.8. The Bertz CT molecular complexity index is 1380. The van der Waals surface area contributed by atoms with Crippen molar-refractivity contribution in [1.82, 2.24) is 0 Å². The Morgan fingerprint density at radius 2 is 1.18 bits per heavy atom. The van der Waals surface area contributed by atoms with Gasteiger partial charge in [-0.05, 0) is 42.8 Å². The average molecular weight is 570 g/mol. The van der Waals surface area contributed by atoms with E-state index in [2.05, 4.69) is 0 Å². The molecule has 0 aliphatic rings. The molecule has 0 spiro atoms. The van der Waals surface area contributed by atoms with Crippen molar-refractivity contribution in [3.05, 3.63) is 140 Å². The van der Waals surface area contributed by atoms with Crippen LogP contribution in [0, 0.1) is 0 Å². The summed E-state index contributed by atoms with van der Waals surface area (Å²) < 4.78 is 11.6. The van der Waals surface area contributed by atoms with Crippen LogP contribution in [0.3, 0.4) is 0 Å². The van der Waals surface area contributed by atoms with Gasteiger partial charge in [0, 0.05) is 31.8 Å². The van der Waals surface area contributed by atoms with Gasteiger partial charge in [-0.1, -0.05) is 108 Å². The molecule has 8 heteroatoms. The van der Waals surface area contributed by atoms with Gasteiger partial charge in [-0.25, -0.2) is 9.59 Å². The maximum Gasteiger partial charge on any atom is 0.360 e. The molecule has 1 atom stereocenters. The number of halogens is 3. The van der Waals surface area contributed by atoms with Crippen molar-refractivity contribution in [2.24, 2.45) is 0 Å². The summed E-state index contributed by atoms with van der Waals surface area (Å²) in [5.74, 6) is -2.01. The van der Waals surface area contributed by atoms with Crippen molar-refractivity contribution < 1.29 is 24.2 Å². The van der Waals surface area contributed by atoms with Crippen LogP contribution in [-0.2, 0) is 30.3 Å². The Kier molecular flexibility index (Phi) is 8.44. The molecule has 0 aromatic heterocycles. The Hall–Kier alpha value is -3.35. The van der Waals surface area contributed by atoms with Crippen molar-refractivity contribution >= 4 is 46.7 Å². The minimum Gasteiger partial charge on any atom is -0.462 e. The first kappa shape index (κ1) is 27.7. The lowest BCUT2D eigenvalue weighted by Crippen LogP contribution is -2.49. The highest BCUT2D eigenvalue weighted by Crippen LogP contribution is 2.42. The molecule has 0 saturated heterocycles. The predicted octanol–water partition coefficient (Wildman–Crippen LogP) is 6.93. The van der Waals surface area contributed by atoms with Crippen LogP contribution in [0.25, 0.3) is 0 Å². The lowest BCUT2D eigenvalue weighted by molar-refractivity contribution is -0.189. The molecular formula is C30H23Cl3O5. The summed E-state index contributed by atoms with van der Waals surface area (Å²) in [7, 11) is 0. The third-order valence-electron chi connectivity index (χ3n) is 6.06. The number of carbonyl (C=O) groups excluding carboxylic acids is 2. The third kappa shape index (κ3) is 5.16. The molecule has 4 aromatic rings. The Labute approximate surface area is 235 Å². The van der Waals surface area contributed by atoms with Crippen molar-refractivity contribution in [3.8, 4) is 0 Å². The second-order valence-electron chi connectivity index (χ2n) is 8.36. The number of hydrogen-bond acceptors (Lipinski definition) is 5. The average Bonchev–Trinajstić information content (AvgIpc) is 2.93. The summed E-state index contributed by atoms with van der Waals surface area (Å²) in [4.78, 5) is 28.0. The monoisotopic (exact) mass is 568 g/mol. The molecule has 0 fully saturated rings. The third-order valence-corrected chi connectivity index (χ3v) is 6.89. The van der Waals surface area contributed by atoms with E-state index in [4.69, 9.17) is 44.3 Å². The highest BCUT2D eigenvalue weighted by atomic mass is 35.5. The summed E-state index contributed by atoms with van der Waals surface area (Å²) >= 11 is 18.7. The molecule has 0 aliphatic heterocycles. The molecule has 0 heterocycles. The molecule has 194 valence electrons. The van der Waals surface area contributed by atoms with E-state index in [1.165, 1.54) is 6.07 Å². The zero-order valence-electron chi connectivity index (χ0n) is 20.2. The van der Waals surface area contributed by atoms with Crippen LogP contribution in [-0.4, -0.2) is 23.7 Å². The van der Waals surface area contributed by atoms with E-state index >= 15 is 0 Å². The SMILES string of the molecule is CCOC(=O)C(OC(=O)C(O)(c1ccccc1)c1ccccc1Cl)(c1ccc(Cl)cc1)c1ccc(Cl)cc1. The molecule has 0 bridgehead atoms. The fourth-order valence-electron chi connectivity index (χ4n) is 4.19. The summed E-state index contributed by atoms with van der Waals surface area (Å²) in [5.41, 5.74) is -3.70. The van der Waals surface area contributed by atoms with Crippen molar-refractivity contribution in [1.29, 1.82) is 0 Å². The van der Waals surface area contributed by atoms with E-state index in [9.17, 15) is 14.7 Å². The van der Waals surface area contributed by atoms with Crippen LogP contribution in [0.2, 0.25) is 15.1 Å². The highest BCUT2D eigenvalue weighted by Gasteiger charge is 2.53. The topological polar surface area (TPSA) is 72.8 Å². The van der Waals surface area contributed by atoms with Crippen molar-refractivity contribution in [2.45, 2.75) is 18.1 Å². The second kappa shape index (κ2) is 11.6. The number of aliphatic hydroxyl groups is 1. The fraction of sp³-hybridized carbons (Fsp3) is 0.133. The van der Waals surface area contributed by atoms with E-state index in [0.717, 1.165) is 0 Å². The minimum absolute atomic E-state index is 0.00673. The van der Waals surface area contributed by atoms with Gasteiger partial charge in [0.15, 0.2) is 0 Å². The summed E-state index contributed by atoms with van der Waals surface area (Å²) in [6.45, 7) is 1.64. The second-order valence-corrected chi connectivity index (χ2v) is 9.64. The Morgan fingerprint density at radius 1 is 0.684 bits per heavy atom. The van der Waals surface area contributed by atoms with Gasteiger partial charge in [0.2, 0.25) is 5.60 Å². The van der Waals surface area contributed by atoms with Gasteiger partial charge >= 0.3 is 11.9 Å². The van der Waals surface area contributed by atoms with Crippen LogP contribution in [0.15, 0.2) is 103 Å². The Morgan fingerprint density at radius 3 is 1.68 bits per heavy atom. The van der Waals surface area contributed by atoms with Crippen LogP contribution in [0.5, 0.6) is 0 Å². The largest absolute Gasteiger partial charge is 0.462 e. The van der Waals surface area contributed by atoms with E-state index in [0.29, 0.717) is 10.0 Å². The van der Waals surface area contributed by atoms with Crippen LogP contribution >= 0.6 is 34.8 Å². The molecule has 0 aliphatic carbocycles. The lowest BCUT2D eigenvalue weighted by Gasteiger charge is -2.36. The zero-order chi connectivity index (χ0) is 27.3. The van der Waals surface area contributed by atoms with Crippen molar-refractivity contribution in [2.75, 3.05) is 6.61 Å². The van der Waals surface area contributed by atoms with Crippen LogP contribution in [0.4, 0.5) is 0 Å². The summed E-state index contributed by atoms with van der Waals surface area (Å²) in [5, 5.41) is 13.1. The minimum atomic E-state index is -2.38. The van der Waals surface area contributed by atoms with Gasteiger partial charge in [0.1, 0.15) is 0 Å². The number of rotatable bonds is 8. The van der Waals surface area contributed by atoms with Gasteiger partial charge in [-0.15, -0.1) is 0 Å². The van der Waals surface area contributed by atoms with Gasteiger partial charge in [0.05, 0.1) is 6.61 Å². The molecule has 1 unspecified atom stereocenters. The number of hydrogen-bond donors (Lipinski definition) is 1. The van der Waals surface area contributed by atoms with E-state index in [-0.39, 0.29) is 33.9 Å². The molecule has 38 heavy (non-hydrogen) atoms. The van der Waals surface area contributed by atoms with E-state index < -0.39 is 23.1 Å². The van der Waals surface area contributed by atoms with Crippen LogP contribution in [0.1, 0.15) is 29.2 Å². The lowest BCUT2D eigenvalue weighted by atomic mass is 9.83. The number of esters is 2. The van der Waals surface area contributed by atoms with E-state index in [1.54, 1.807) is 104 Å². The number of benzene rings is 4. The smallest absolute Gasteiger partial charge is 0.360 e. The van der Waals surface area contributed by atoms with Gasteiger partial charge < -0.3 is 14.6 Å². The molecule has 0 radical (unpaired) electrons. The first-order valence-electron chi connectivity index (χ1n) is 11.7. The quantitative estimate of drug-likeness (QED) is 0.233. The fourth-order valence-corrected chi connectivity index (χ4v) is 4.72. The number of ether oxygens (including phenoxy) is 2. The molecule has 4 rings (SSSR count). The summed E-state index contributed by atoms with van der Waals surface area (Å²) in [6, 6.07) is 27.1.